The molecule has 0 unspecified atom stereocenters. The number of H-pyrrole nitrogens is 1. The first kappa shape index (κ1) is 27.9. The molecule has 0 bridgehead atoms. The fourth-order valence-electron chi connectivity index (χ4n) is 5.18. The molecule has 10 nitrogen and oxygen atoms in total. The monoisotopic (exact) mass is 588 g/mol. The van der Waals surface area contributed by atoms with Crippen LogP contribution < -0.4 is 32.8 Å². The summed E-state index contributed by atoms with van der Waals surface area (Å²) in [5, 5.41) is 11.0. The summed E-state index contributed by atoms with van der Waals surface area (Å²) in [5.74, 6) is -0.940. The van der Waals surface area contributed by atoms with Crippen LogP contribution in [0.2, 0.25) is 5.02 Å². The molecular formula is C27H27Cl2FN6O4. The highest BCUT2D eigenvalue weighted by Gasteiger charge is 2.34. The molecule has 0 saturated carbocycles. The van der Waals surface area contributed by atoms with Gasteiger partial charge in [0.1, 0.15) is 17.7 Å². The van der Waals surface area contributed by atoms with Gasteiger partial charge >= 0.3 is 17.2 Å². The fraction of sp³-hybridized carbons (Fsp3) is 0.333. The first-order valence-electron chi connectivity index (χ1n) is 12.7. The highest BCUT2D eigenvalue weighted by Crippen LogP contribution is 2.30. The van der Waals surface area contributed by atoms with Crippen molar-refractivity contribution in [3.63, 3.8) is 0 Å². The molecular weight excluding hydrogens is 562 g/mol. The van der Waals surface area contributed by atoms with E-state index in [1.807, 2.05) is 6.07 Å². The number of morpholine rings is 1. The van der Waals surface area contributed by atoms with Gasteiger partial charge in [0, 0.05) is 45.8 Å². The summed E-state index contributed by atoms with van der Waals surface area (Å²) in [5.41, 5.74) is 3.49. The van der Waals surface area contributed by atoms with Gasteiger partial charge in [-0.1, -0.05) is 17.7 Å². The number of ether oxygens (including phenoxy) is 1. The van der Waals surface area contributed by atoms with Crippen molar-refractivity contribution in [2.75, 3.05) is 56.2 Å². The van der Waals surface area contributed by atoms with Gasteiger partial charge in [0.05, 0.1) is 29.6 Å². The van der Waals surface area contributed by atoms with Gasteiger partial charge in [-0.3, -0.25) is 9.89 Å². The van der Waals surface area contributed by atoms with Gasteiger partial charge in [-0.15, -0.1) is 0 Å². The van der Waals surface area contributed by atoms with E-state index in [4.69, 9.17) is 16.3 Å². The Kier molecular flexibility index (Phi) is 7.72. The van der Waals surface area contributed by atoms with Crippen molar-refractivity contribution in [1.29, 1.82) is 0 Å². The Labute approximate surface area is 240 Å². The zero-order valence-corrected chi connectivity index (χ0v) is 23.2. The van der Waals surface area contributed by atoms with E-state index in [0.717, 1.165) is 16.8 Å². The number of allylic oxidation sites excluding steroid dienone is 1. The minimum absolute atomic E-state index is 0. The first-order valence-corrected chi connectivity index (χ1v) is 13.1. The number of fused-ring (bicyclic) bond motifs is 1. The summed E-state index contributed by atoms with van der Waals surface area (Å²) < 4.78 is 20.4. The zero-order valence-electron chi connectivity index (χ0n) is 21.7. The Bertz CT molecular complexity index is 1620. The number of carbonyl (C=O) groups is 1. The number of aromatic hydroxyl groups is 1. The van der Waals surface area contributed by atoms with E-state index in [2.05, 4.69) is 14.9 Å². The van der Waals surface area contributed by atoms with Crippen LogP contribution >= 0.6 is 11.6 Å². The van der Waals surface area contributed by atoms with Crippen LogP contribution in [0, 0.1) is 5.82 Å². The van der Waals surface area contributed by atoms with Crippen LogP contribution in [0.1, 0.15) is 17.7 Å². The highest BCUT2D eigenvalue weighted by atomic mass is 35.5. The fourth-order valence-corrected chi connectivity index (χ4v) is 5.38. The smallest absolute Gasteiger partial charge is 0.385 e. The molecule has 2 amide bonds. The molecule has 0 radical (unpaired) electrons. The molecule has 2 saturated heterocycles. The van der Waals surface area contributed by atoms with E-state index < -0.39 is 17.1 Å². The Morgan fingerprint density at radius 1 is 1.15 bits per heavy atom. The van der Waals surface area contributed by atoms with Crippen molar-refractivity contribution < 1.29 is 36.4 Å². The number of pyridine rings is 1. The third kappa shape index (κ3) is 5.00. The Morgan fingerprint density at radius 3 is 2.62 bits per heavy atom. The van der Waals surface area contributed by atoms with E-state index in [9.17, 15) is 19.1 Å². The number of carbonyl (C=O) groups excluding carboxylic acids is 1. The second-order valence-electron chi connectivity index (χ2n) is 9.88. The van der Waals surface area contributed by atoms with Crippen LogP contribution in [0.4, 0.5) is 20.6 Å². The summed E-state index contributed by atoms with van der Waals surface area (Å²) in [6.07, 6.45) is 4.22. The zero-order chi connectivity index (χ0) is 27.3. The lowest BCUT2D eigenvalue weighted by molar-refractivity contribution is -0.353. The van der Waals surface area contributed by atoms with E-state index in [-0.39, 0.29) is 29.2 Å². The van der Waals surface area contributed by atoms with Crippen LogP contribution in [-0.4, -0.2) is 72.6 Å². The first-order chi connectivity index (χ1) is 18.8. The van der Waals surface area contributed by atoms with Crippen molar-refractivity contribution in [2.45, 2.75) is 12.8 Å². The average Bonchev–Trinajstić information content (AvgIpc) is 3.54. The predicted molar refractivity (Wildman–Crippen MR) is 145 cm³/mol. The van der Waals surface area contributed by atoms with E-state index in [1.54, 1.807) is 41.4 Å². The third-order valence-electron chi connectivity index (χ3n) is 7.32. The molecule has 6 rings (SSSR count). The Morgan fingerprint density at radius 2 is 1.93 bits per heavy atom. The van der Waals surface area contributed by atoms with Crippen LogP contribution in [0.3, 0.4) is 0 Å². The number of aromatic nitrogens is 2. The number of hydrogen-bond acceptors (Lipinski definition) is 6. The second-order valence-corrected chi connectivity index (χ2v) is 10.3. The lowest BCUT2D eigenvalue weighted by Gasteiger charge is -2.29. The minimum Gasteiger partial charge on any atom is -1.00 e. The summed E-state index contributed by atoms with van der Waals surface area (Å²) in [6, 6.07) is 6.28. The van der Waals surface area contributed by atoms with Crippen LogP contribution in [0.25, 0.3) is 5.65 Å². The Hall–Kier alpha value is -3.67. The van der Waals surface area contributed by atoms with Gasteiger partial charge in [0.2, 0.25) is 0 Å². The standard InChI is InChI=1S/C27H26ClFN6O4.ClH/c1-32-4-5-34(27(32)38)22-13-18(33-6-8-39-9-7-33)15-35-25(22)31-23(24(36)26(35)37)21-12-17(14-30-21)10-16-2-3-20(29)19(28)11-16;/h2-3,11,13-15,36H,4-10,12H2,1H3;1H. The summed E-state index contributed by atoms with van der Waals surface area (Å²) in [4.78, 5) is 39.5. The maximum absolute atomic E-state index is 13.6. The molecule has 13 heteroatoms. The van der Waals surface area contributed by atoms with Crippen LogP contribution in [0.5, 0.6) is 5.75 Å². The molecule has 5 heterocycles. The molecule has 3 aromatic rings. The number of aliphatic imine (C=N–C) groups is 1. The lowest BCUT2D eigenvalue weighted by Crippen LogP contribution is -3.00. The number of anilines is 2. The molecule has 2 aromatic heterocycles. The van der Waals surface area contributed by atoms with Crippen molar-refractivity contribution in [3.8, 4) is 5.75 Å². The molecule has 3 aliphatic rings. The van der Waals surface area contributed by atoms with Gasteiger partial charge < -0.3 is 32.1 Å². The molecule has 0 spiro atoms. The lowest BCUT2D eigenvalue weighted by atomic mass is 10.0. The van der Waals surface area contributed by atoms with Crippen LogP contribution in [-0.2, 0) is 11.2 Å². The Balaban J connectivity index is 0.00000323. The number of hydrogen-bond donors (Lipinski definition) is 1. The number of aromatic amines is 1. The molecule has 40 heavy (non-hydrogen) atoms. The summed E-state index contributed by atoms with van der Waals surface area (Å²) >= 11 is 5.93. The average molecular weight is 589 g/mol. The second kappa shape index (κ2) is 11.1. The van der Waals surface area contributed by atoms with Gasteiger partial charge in [-0.2, -0.15) is 4.40 Å². The number of likely N-dealkylation sites (N-methyl/N-ethyl adjacent to an activating group) is 1. The topological polar surface area (TPSA) is 104 Å². The van der Waals surface area contributed by atoms with Crippen molar-refractivity contribution in [2.24, 2.45) is 4.99 Å². The molecule has 2 fully saturated rings. The number of halogens is 3. The molecule has 3 aliphatic heterocycles. The molecule has 0 atom stereocenters. The summed E-state index contributed by atoms with van der Waals surface area (Å²) in [7, 11) is 1.73. The number of urea groups is 1. The molecule has 210 valence electrons. The van der Waals surface area contributed by atoms with Crippen molar-refractivity contribution in [3.05, 3.63) is 74.7 Å². The number of nitrogens with one attached hydrogen (secondary N) is 1. The predicted octanol–water partition coefficient (Wildman–Crippen LogP) is -0.356. The van der Waals surface area contributed by atoms with Crippen LogP contribution in [0.15, 0.2) is 52.0 Å². The van der Waals surface area contributed by atoms with Gasteiger partial charge in [-0.25, -0.2) is 19.0 Å². The molecule has 0 aliphatic carbocycles. The van der Waals surface area contributed by atoms with E-state index >= 15 is 0 Å². The number of rotatable bonds is 5. The SMILES string of the molecule is CN1CCN(c2cc(N3CCOCC3)cn3c(=O)c(O)c(C4=NC=C(Cc5ccc(F)c(Cl)c5)C4)[nH+]c23)C1=O.[Cl-]. The minimum atomic E-state index is -0.614. The normalized spacial score (nSPS) is 17.4. The number of amides is 2. The van der Waals surface area contributed by atoms with E-state index in [0.29, 0.717) is 69.3 Å². The maximum atomic E-state index is 13.6. The molecule has 2 N–H and O–H groups in total. The third-order valence-corrected chi connectivity index (χ3v) is 7.61. The number of nitrogens with zero attached hydrogens (tertiary/aromatic N) is 5. The van der Waals surface area contributed by atoms with Crippen molar-refractivity contribution in [1.82, 2.24) is 9.30 Å². The van der Waals surface area contributed by atoms with Gasteiger partial charge in [0.25, 0.3) is 5.75 Å². The molecule has 1 aromatic carbocycles. The summed E-state index contributed by atoms with van der Waals surface area (Å²) in [6.45, 7) is 3.42. The maximum Gasteiger partial charge on any atom is 0.385 e. The largest absolute Gasteiger partial charge is 1.00 e. The highest BCUT2D eigenvalue weighted by molar-refractivity contribution is 6.30. The van der Waals surface area contributed by atoms with Gasteiger partial charge in [0.15, 0.2) is 5.69 Å². The quantitative estimate of drug-likeness (QED) is 0.438. The van der Waals surface area contributed by atoms with Crippen molar-refractivity contribution >= 4 is 40.4 Å². The van der Waals surface area contributed by atoms with E-state index in [1.165, 1.54) is 10.5 Å². The van der Waals surface area contributed by atoms with Gasteiger partial charge in [-0.05, 0) is 35.8 Å². The number of benzene rings is 1.